The van der Waals surface area contributed by atoms with Gasteiger partial charge in [-0.3, -0.25) is 9.59 Å². The molecule has 1 aromatic carbocycles. The Balaban J connectivity index is 1.77. The van der Waals surface area contributed by atoms with Crippen molar-refractivity contribution in [2.75, 3.05) is 25.0 Å². The van der Waals surface area contributed by atoms with Crippen LogP contribution >= 0.6 is 23.2 Å². The summed E-state index contributed by atoms with van der Waals surface area (Å²) in [7, 11) is 0. The molecule has 1 N–H and O–H groups in total. The first kappa shape index (κ1) is 21.6. The lowest BCUT2D eigenvalue weighted by molar-refractivity contribution is -0.117. The minimum absolute atomic E-state index is 0.0943. The first-order chi connectivity index (χ1) is 13.8. The third-order valence-electron chi connectivity index (χ3n) is 4.99. The van der Waals surface area contributed by atoms with Gasteiger partial charge in [-0.1, -0.05) is 35.3 Å². The van der Waals surface area contributed by atoms with Gasteiger partial charge in [0.2, 0.25) is 5.91 Å². The predicted octanol–water partition coefficient (Wildman–Crippen LogP) is 4.27. The second-order valence-electron chi connectivity index (χ2n) is 7.11. The average Bonchev–Trinajstić information content (AvgIpc) is 3.19. The fourth-order valence-electron chi connectivity index (χ4n) is 3.22. The number of ether oxygens (including phenoxy) is 1. The van der Waals surface area contributed by atoms with E-state index in [1.54, 1.807) is 0 Å². The Labute approximate surface area is 180 Å². The summed E-state index contributed by atoms with van der Waals surface area (Å²) in [4.78, 5) is 31.2. The molecule has 0 radical (unpaired) electrons. The van der Waals surface area contributed by atoms with Gasteiger partial charge in [0, 0.05) is 25.0 Å². The van der Waals surface area contributed by atoms with Crippen molar-refractivity contribution in [1.29, 1.82) is 0 Å². The highest BCUT2D eigenvalue weighted by molar-refractivity contribution is 6.41. The molecule has 3 rings (SSSR count). The van der Waals surface area contributed by atoms with Crippen molar-refractivity contribution in [3.63, 3.8) is 0 Å². The van der Waals surface area contributed by atoms with Crippen LogP contribution in [-0.2, 0) is 9.53 Å². The molecule has 1 saturated heterocycles. The maximum Gasteiger partial charge on any atom is 0.256 e. The fourth-order valence-corrected chi connectivity index (χ4v) is 3.49. The molecule has 1 unspecified atom stereocenters. The standard InChI is InChI=1S/C21H23Cl2N3O3/c1-13-5-3-7-18(14(13)2)25-19(27)12-26(11-16-6-4-8-29-16)21(28)15-9-17(22)20(23)24-10-15/h3,5,7,9-10,16H,4,6,8,11-12H2,1-2H3,(H,25,27). The minimum atomic E-state index is -0.345. The molecule has 1 atom stereocenters. The van der Waals surface area contributed by atoms with E-state index >= 15 is 0 Å². The minimum Gasteiger partial charge on any atom is -0.376 e. The smallest absolute Gasteiger partial charge is 0.256 e. The van der Waals surface area contributed by atoms with Gasteiger partial charge in [-0.2, -0.15) is 0 Å². The lowest BCUT2D eigenvalue weighted by Gasteiger charge is -2.25. The molecule has 0 bridgehead atoms. The molecular weight excluding hydrogens is 413 g/mol. The molecule has 1 aliphatic heterocycles. The van der Waals surface area contributed by atoms with Gasteiger partial charge in [0.1, 0.15) is 11.7 Å². The summed E-state index contributed by atoms with van der Waals surface area (Å²) in [5.41, 5.74) is 3.08. The maximum atomic E-state index is 13.1. The summed E-state index contributed by atoms with van der Waals surface area (Å²) in [5.74, 6) is -0.624. The second-order valence-corrected chi connectivity index (χ2v) is 7.88. The van der Waals surface area contributed by atoms with Gasteiger partial charge in [0.05, 0.1) is 16.7 Å². The number of rotatable bonds is 6. The molecule has 154 valence electrons. The molecule has 0 saturated carbocycles. The Morgan fingerprint density at radius 2 is 2.10 bits per heavy atom. The van der Waals surface area contributed by atoms with E-state index < -0.39 is 0 Å². The Bertz CT molecular complexity index is 914. The van der Waals surface area contributed by atoms with Crippen LogP contribution in [0.15, 0.2) is 30.5 Å². The van der Waals surface area contributed by atoms with Gasteiger partial charge in [0.25, 0.3) is 5.91 Å². The van der Waals surface area contributed by atoms with Gasteiger partial charge in [0.15, 0.2) is 0 Å². The molecule has 2 aromatic rings. The number of aryl methyl sites for hydroxylation is 1. The van der Waals surface area contributed by atoms with Crippen LogP contribution in [0, 0.1) is 13.8 Å². The van der Waals surface area contributed by atoms with Crippen LogP contribution in [0.2, 0.25) is 10.2 Å². The first-order valence-electron chi connectivity index (χ1n) is 9.43. The molecule has 2 heterocycles. The van der Waals surface area contributed by atoms with Crippen LogP contribution in [0.4, 0.5) is 5.69 Å². The number of halogens is 2. The SMILES string of the molecule is Cc1cccc(NC(=O)CN(CC2CCCO2)C(=O)c2cnc(Cl)c(Cl)c2)c1C. The van der Waals surface area contributed by atoms with Crippen LogP contribution in [0.3, 0.4) is 0 Å². The molecule has 1 aromatic heterocycles. The number of aromatic nitrogens is 1. The first-order valence-corrected chi connectivity index (χ1v) is 10.2. The number of anilines is 1. The number of benzene rings is 1. The monoisotopic (exact) mass is 435 g/mol. The number of hydrogen-bond acceptors (Lipinski definition) is 4. The molecule has 2 amide bonds. The number of hydrogen-bond donors (Lipinski definition) is 1. The van der Waals surface area contributed by atoms with E-state index in [-0.39, 0.29) is 40.2 Å². The zero-order chi connectivity index (χ0) is 21.0. The van der Waals surface area contributed by atoms with Crippen LogP contribution in [0.5, 0.6) is 0 Å². The zero-order valence-corrected chi connectivity index (χ0v) is 17.9. The van der Waals surface area contributed by atoms with Crippen molar-refractivity contribution >= 4 is 40.7 Å². The summed E-state index contributed by atoms with van der Waals surface area (Å²) in [6, 6.07) is 7.17. The molecule has 29 heavy (non-hydrogen) atoms. The van der Waals surface area contributed by atoms with Gasteiger partial charge >= 0.3 is 0 Å². The van der Waals surface area contributed by atoms with Crippen LogP contribution < -0.4 is 5.32 Å². The van der Waals surface area contributed by atoms with Crippen molar-refractivity contribution in [3.05, 3.63) is 57.3 Å². The lowest BCUT2D eigenvalue weighted by Crippen LogP contribution is -2.42. The summed E-state index contributed by atoms with van der Waals surface area (Å²) in [5, 5.41) is 3.21. The van der Waals surface area contributed by atoms with Crippen molar-refractivity contribution in [1.82, 2.24) is 9.88 Å². The molecular formula is C21H23Cl2N3O3. The zero-order valence-electron chi connectivity index (χ0n) is 16.4. The van der Waals surface area contributed by atoms with E-state index in [4.69, 9.17) is 27.9 Å². The van der Waals surface area contributed by atoms with E-state index in [2.05, 4.69) is 10.3 Å². The molecule has 0 aliphatic carbocycles. The van der Waals surface area contributed by atoms with Crippen LogP contribution in [0.1, 0.15) is 34.3 Å². The molecule has 6 nitrogen and oxygen atoms in total. The fraction of sp³-hybridized carbons (Fsp3) is 0.381. The highest BCUT2D eigenvalue weighted by Gasteiger charge is 2.26. The largest absolute Gasteiger partial charge is 0.376 e. The number of nitrogens with zero attached hydrogens (tertiary/aromatic N) is 2. The Morgan fingerprint density at radius 3 is 2.79 bits per heavy atom. The van der Waals surface area contributed by atoms with E-state index in [0.717, 1.165) is 29.7 Å². The van der Waals surface area contributed by atoms with Crippen molar-refractivity contribution < 1.29 is 14.3 Å². The van der Waals surface area contributed by atoms with Crippen LogP contribution in [0.25, 0.3) is 0 Å². The summed E-state index contributed by atoms with van der Waals surface area (Å²) in [6.45, 7) is 4.80. The van der Waals surface area contributed by atoms with E-state index in [1.807, 2.05) is 32.0 Å². The van der Waals surface area contributed by atoms with Crippen molar-refractivity contribution in [2.45, 2.75) is 32.8 Å². The second kappa shape index (κ2) is 9.57. The highest BCUT2D eigenvalue weighted by atomic mass is 35.5. The Kier molecular flexibility index (Phi) is 7.11. The van der Waals surface area contributed by atoms with E-state index in [9.17, 15) is 9.59 Å². The molecule has 1 aliphatic rings. The normalized spacial score (nSPS) is 15.9. The average molecular weight is 436 g/mol. The topological polar surface area (TPSA) is 71.5 Å². The van der Waals surface area contributed by atoms with Gasteiger partial charge < -0.3 is 15.0 Å². The van der Waals surface area contributed by atoms with Gasteiger partial charge in [-0.15, -0.1) is 0 Å². The maximum absolute atomic E-state index is 13.1. The van der Waals surface area contributed by atoms with Crippen LogP contribution in [-0.4, -0.2) is 47.5 Å². The number of nitrogens with one attached hydrogen (secondary N) is 1. The van der Waals surface area contributed by atoms with Crippen molar-refractivity contribution in [3.8, 4) is 0 Å². The van der Waals surface area contributed by atoms with E-state index in [0.29, 0.717) is 13.2 Å². The Hall–Kier alpha value is -2.15. The number of pyridine rings is 1. The van der Waals surface area contributed by atoms with E-state index in [1.165, 1.54) is 17.2 Å². The van der Waals surface area contributed by atoms with Gasteiger partial charge in [-0.05, 0) is 49.9 Å². The summed E-state index contributed by atoms with van der Waals surface area (Å²) < 4.78 is 5.66. The quantitative estimate of drug-likeness (QED) is 0.687. The molecule has 0 spiro atoms. The molecule has 1 fully saturated rings. The summed E-state index contributed by atoms with van der Waals surface area (Å²) >= 11 is 11.9. The van der Waals surface area contributed by atoms with Crippen molar-refractivity contribution in [2.24, 2.45) is 0 Å². The summed E-state index contributed by atoms with van der Waals surface area (Å²) in [6.07, 6.45) is 3.06. The highest BCUT2D eigenvalue weighted by Crippen LogP contribution is 2.22. The number of carbonyl (C=O) groups is 2. The third kappa shape index (κ3) is 5.47. The van der Waals surface area contributed by atoms with Gasteiger partial charge in [-0.25, -0.2) is 4.98 Å². The third-order valence-corrected chi connectivity index (χ3v) is 5.68. The number of amides is 2. The Morgan fingerprint density at radius 1 is 1.31 bits per heavy atom. The predicted molar refractivity (Wildman–Crippen MR) is 114 cm³/mol. The molecule has 8 heteroatoms. The lowest BCUT2D eigenvalue weighted by atomic mass is 10.1. The number of carbonyl (C=O) groups excluding carboxylic acids is 2.